The number of halogens is 1. The molecule has 0 bridgehead atoms. The Labute approximate surface area is 141 Å². The lowest BCUT2D eigenvalue weighted by atomic mass is 10.0. The monoisotopic (exact) mass is 376 g/mol. The van der Waals surface area contributed by atoms with E-state index in [0.29, 0.717) is 0 Å². The molecule has 22 heavy (non-hydrogen) atoms. The fourth-order valence-corrected chi connectivity index (χ4v) is 3.86. The Hall–Kier alpha value is -1.46. The number of rotatable bonds is 4. The highest BCUT2D eigenvalue weighted by atomic mass is 79.9. The Morgan fingerprint density at radius 2 is 2.00 bits per heavy atom. The third-order valence-corrected chi connectivity index (χ3v) is 5.28. The molecule has 0 fully saturated rings. The van der Waals surface area contributed by atoms with Crippen LogP contribution >= 0.6 is 27.3 Å². The van der Waals surface area contributed by atoms with Crippen LogP contribution in [0.1, 0.15) is 24.6 Å². The van der Waals surface area contributed by atoms with Crippen molar-refractivity contribution in [2.45, 2.75) is 33.2 Å². The van der Waals surface area contributed by atoms with Gasteiger partial charge < -0.3 is 0 Å². The molecule has 0 saturated heterocycles. The summed E-state index contributed by atoms with van der Waals surface area (Å²) in [6, 6.07) is 8.09. The molecule has 3 nitrogen and oxygen atoms in total. The first kappa shape index (κ1) is 15.4. The van der Waals surface area contributed by atoms with Gasteiger partial charge >= 0.3 is 0 Å². The maximum atomic E-state index is 12.8. The van der Waals surface area contributed by atoms with Gasteiger partial charge in [-0.2, -0.15) is 0 Å². The number of nitrogens with zero attached hydrogens (tertiary/aromatic N) is 2. The number of benzene rings is 1. The molecule has 0 spiro atoms. The van der Waals surface area contributed by atoms with E-state index >= 15 is 0 Å². The molecule has 1 aromatic carbocycles. The molecule has 0 amide bonds. The number of aryl methyl sites for hydroxylation is 2. The molecule has 5 heteroatoms. The Morgan fingerprint density at radius 1 is 1.27 bits per heavy atom. The van der Waals surface area contributed by atoms with Gasteiger partial charge in [0.2, 0.25) is 0 Å². The third kappa shape index (κ3) is 2.75. The van der Waals surface area contributed by atoms with Crippen LogP contribution in [0.2, 0.25) is 0 Å². The predicted molar refractivity (Wildman–Crippen MR) is 96.7 cm³/mol. The second kappa shape index (κ2) is 6.34. The molecule has 3 aromatic rings. The minimum absolute atomic E-state index is 0.0701. The predicted octanol–water partition coefficient (Wildman–Crippen LogP) is 5.00. The molecule has 2 heterocycles. The molecule has 0 aliphatic rings. The normalized spacial score (nSPS) is 11.2. The lowest BCUT2D eigenvalue weighted by Gasteiger charge is -2.06. The van der Waals surface area contributed by atoms with Crippen molar-refractivity contribution in [1.29, 1.82) is 0 Å². The van der Waals surface area contributed by atoms with Crippen LogP contribution in [0.15, 0.2) is 39.9 Å². The molecular formula is C17H17BrN2OS. The number of hydrogen-bond acceptors (Lipinski definition) is 3. The Morgan fingerprint density at radius 3 is 2.68 bits per heavy atom. The minimum atomic E-state index is 0.0701. The first-order valence-electron chi connectivity index (χ1n) is 7.36. The van der Waals surface area contributed by atoms with E-state index in [9.17, 15) is 4.79 Å². The first-order chi connectivity index (χ1) is 10.6. The van der Waals surface area contributed by atoms with E-state index in [1.54, 1.807) is 22.2 Å². The van der Waals surface area contributed by atoms with Crippen LogP contribution in [0.5, 0.6) is 0 Å². The minimum Gasteiger partial charge on any atom is -0.299 e. The molecule has 114 valence electrons. The van der Waals surface area contributed by atoms with Gasteiger partial charge in [-0.25, -0.2) is 4.98 Å². The standard InChI is InChI=1S/C17H17BrN2OS/c1-3-4-9-20-10-19-16-15(17(20)21)14(11(2)22-16)12-5-7-13(18)8-6-12/h5-8,10H,3-4,9H2,1-2H3. The van der Waals surface area contributed by atoms with Crippen molar-refractivity contribution in [1.82, 2.24) is 9.55 Å². The maximum Gasteiger partial charge on any atom is 0.262 e. The van der Waals surface area contributed by atoms with E-state index in [1.165, 1.54) is 0 Å². The largest absolute Gasteiger partial charge is 0.299 e. The second-order valence-electron chi connectivity index (χ2n) is 5.32. The van der Waals surface area contributed by atoms with Crippen LogP contribution in [0, 0.1) is 6.92 Å². The second-order valence-corrected chi connectivity index (χ2v) is 7.44. The SMILES string of the molecule is CCCCn1cnc2sc(C)c(-c3ccc(Br)cc3)c2c1=O. The van der Waals surface area contributed by atoms with Crippen molar-refractivity contribution in [3.8, 4) is 11.1 Å². The highest BCUT2D eigenvalue weighted by Gasteiger charge is 2.16. The molecule has 0 unspecified atom stereocenters. The molecule has 0 N–H and O–H groups in total. The Bertz CT molecular complexity index is 865. The van der Waals surface area contributed by atoms with Crippen molar-refractivity contribution in [3.05, 3.63) is 50.3 Å². The van der Waals surface area contributed by atoms with Gasteiger partial charge in [-0.1, -0.05) is 41.4 Å². The summed E-state index contributed by atoms with van der Waals surface area (Å²) >= 11 is 5.04. The summed E-state index contributed by atoms with van der Waals surface area (Å²) in [5.74, 6) is 0. The molecule has 3 rings (SSSR count). The van der Waals surface area contributed by atoms with Gasteiger partial charge in [-0.3, -0.25) is 9.36 Å². The zero-order chi connectivity index (χ0) is 15.7. The molecule has 0 aliphatic heterocycles. The van der Waals surface area contributed by atoms with Crippen molar-refractivity contribution in [2.75, 3.05) is 0 Å². The van der Waals surface area contributed by atoms with E-state index < -0.39 is 0 Å². The van der Waals surface area contributed by atoms with E-state index in [0.717, 1.165) is 50.1 Å². The summed E-state index contributed by atoms with van der Waals surface area (Å²) < 4.78 is 2.77. The quantitative estimate of drug-likeness (QED) is 0.642. The molecule has 0 atom stereocenters. The maximum absolute atomic E-state index is 12.8. The Kier molecular flexibility index (Phi) is 4.45. The van der Waals surface area contributed by atoms with Crippen molar-refractivity contribution < 1.29 is 0 Å². The molecule has 0 radical (unpaired) electrons. The number of thiophene rings is 1. The number of unbranched alkanes of at least 4 members (excludes halogenated alkanes) is 1. The van der Waals surface area contributed by atoms with Crippen LogP contribution in [-0.2, 0) is 6.54 Å². The van der Waals surface area contributed by atoms with Crippen LogP contribution in [0.25, 0.3) is 21.3 Å². The highest BCUT2D eigenvalue weighted by Crippen LogP contribution is 2.35. The summed E-state index contributed by atoms with van der Waals surface area (Å²) in [4.78, 5) is 19.3. The van der Waals surface area contributed by atoms with Gasteiger partial charge in [0.15, 0.2) is 0 Å². The molecule has 2 aromatic heterocycles. The summed E-state index contributed by atoms with van der Waals surface area (Å²) in [7, 11) is 0. The summed E-state index contributed by atoms with van der Waals surface area (Å²) in [6.07, 6.45) is 3.73. The van der Waals surface area contributed by atoms with Gasteiger partial charge in [0, 0.05) is 21.5 Å². The topological polar surface area (TPSA) is 34.9 Å². The van der Waals surface area contributed by atoms with Crippen LogP contribution in [-0.4, -0.2) is 9.55 Å². The summed E-state index contributed by atoms with van der Waals surface area (Å²) in [6.45, 7) is 4.91. The van der Waals surface area contributed by atoms with Crippen molar-refractivity contribution in [3.63, 3.8) is 0 Å². The van der Waals surface area contributed by atoms with Crippen molar-refractivity contribution in [2.24, 2.45) is 0 Å². The van der Waals surface area contributed by atoms with Crippen molar-refractivity contribution >= 4 is 37.5 Å². The van der Waals surface area contributed by atoms with Crippen LogP contribution < -0.4 is 5.56 Å². The lowest BCUT2D eigenvalue weighted by Crippen LogP contribution is -2.20. The van der Waals surface area contributed by atoms with Crippen LogP contribution in [0.3, 0.4) is 0 Å². The molecule has 0 aliphatic carbocycles. The van der Waals surface area contributed by atoms with E-state index in [1.807, 2.05) is 24.3 Å². The van der Waals surface area contributed by atoms with E-state index in [4.69, 9.17) is 0 Å². The Balaban J connectivity index is 2.23. The third-order valence-electron chi connectivity index (χ3n) is 3.74. The zero-order valence-electron chi connectivity index (χ0n) is 12.6. The fraction of sp³-hybridized carbons (Fsp3) is 0.294. The summed E-state index contributed by atoms with van der Waals surface area (Å²) in [5.41, 5.74) is 2.16. The van der Waals surface area contributed by atoms with Crippen LogP contribution in [0.4, 0.5) is 0 Å². The van der Waals surface area contributed by atoms with E-state index in [-0.39, 0.29) is 5.56 Å². The van der Waals surface area contributed by atoms with Gasteiger partial charge in [-0.15, -0.1) is 11.3 Å². The van der Waals surface area contributed by atoms with E-state index in [2.05, 4.69) is 34.8 Å². The van der Waals surface area contributed by atoms with Gasteiger partial charge in [-0.05, 0) is 31.0 Å². The fourth-order valence-electron chi connectivity index (χ4n) is 2.59. The molecular weight excluding hydrogens is 360 g/mol. The zero-order valence-corrected chi connectivity index (χ0v) is 15.0. The lowest BCUT2D eigenvalue weighted by molar-refractivity contribution is 0.609. The first-order valence-corrected chi connectivity index (χ1v) is 8.97. The van der Waals surface area contributed by atoms with Gasteiger partial charge in [0.1, 0.15) is 4.83 Å². The van der Waals surface area contributed by atoms with Gasteiger partial charge in [0.25, 0.3) is 5.56 Å². The average Bonchev–Trinajstić information content (AvgIpc) is 2.85. The molecule has 0 saturated carbocycles. The number of fused-ring (bicyclic) bond motifs is 1. The smallest absolute Gasteiger partial charge is 0.262 e. The van der Waals surface area contributed by atoms with Gasteiger partial charge in [0.05, 0.1) is 11.7 Å². The number of hydrogen-bond donors (Lipinski definition) is 0. The summed E-state index contributed by atoms with van der Waals surface area (Å²) in [5, 5.41) is 0.753. The number of aromatic nitrogens is 2. The highest BCUT2D eigenvalue weighted by molar-refractivity contribution is 9.10. The average molecular weight is 377 g/mol.